The minimum absolute atomic E-state index is 0.0124. The van der Waals surface area contributed by atoms with Gasteiger partial charge in [0.05, 0.1) is 22.3 Å². The first kappa shape index (κ1) is 13.4. The van der Waals surface area contributed by atoms with E-state index < -0.39 is 4.92 Å². The maximum atomic E-state index is 10.7. The normalized spacial score (nSPS) is 12.1. The molecule has 0 saturated carbocycles. The second kappa shape index (κ2) is 5.27. The molecule has 0 amide bonds. The number of hydrogen-bond acceptors (Lipinski definition) is 5. The van der Waals surface area contributed by atoms with Crippen LogP contribution in [0, 0.1) is 10.1 Å². The number of hydrogen-bond donors (Lipinski definition) is 1. The molecule has 2 aromatic rings. The highest BCUT2D eigenvalue weighted by Gasteiger charge is 2.17. The van der Waals surface area contributed by atoms with E-state index in [-0.39, 0.29) is 11.7 Å². The minimum Gasteiger partial charge on any atom is -0.397 e. The monoisotopic (exact) mass is 277 g/mol. The lowest BCUT2D eigenvalue weighted by atomic mass is 10.2. The Labute approximate surface area is 115 Å². The van der Waals surface area contributed by atoms with Crippen LogP contribution >= 0.6 is 11.3 Å². The fourth-order valence-corrected chi connectivity index (χ4v) is 2.73. The maximum Gasteiger partial charge on any atom is 0.271 e. The highest BCUT2D eigenvalue weighted by atomic mass is 32.1. The third kappa shape index (κ3) is 2.68. The fraction of sp³-hybridized carbons (Fsp3) is 0.231. The number of anilines is 2. The summed E-state index contributed by atoms with van der Waals surface area (Å²) in [7, 11) is 1.93. The van der Waals surface area contributed by atoms with Gasteiger partial charge in [0, 0.05) is 24.1 Å². The Morgan fingerprint density at radius 3 is 2.68 bits per heavy atom. The average Bonchev–Trinajstić information content (AvgIpc) is 2.90. The molecule has 6 heteroatoms. The molecular weight excluding hydrogens is 262 g/mol. The number of rotatable bonds is 4. The molecule has 0 aliphatic carbocycles. The number of nitro groups is 1. The molecule has 0 saturated heterocycles. The van der Waals surface area contributed by atoms with Crippen LogP contribution in [0.1, 0.15) is 17.8 Å². The van der Waals surface area contributed by atoms with Gasteiger partial charge in [-0.05, 0) is 24.4 Å². The van der Waals surface area contributed by atoms with Crippen molar-refractivity contribution in [2.45, 2.75) is 13.0 Å². The topological polar surface area (TPSA) is 72.4 Å². The Morgan fingerprint density at radius 2 is 2.16 bits per heavy atom. The van der Waals surface area contributed by atoms with Gasteiger partial charge in [0.2, 0.25) is 0 Å². The summed E-state index contributed by atoms with van der Waals surface area (Å²) in [5.41, 5.74) is 7.14. The van der Waals surface area contributed by atoms with Crippen molar-refractivity contribution in [2.75, 3.05) is 17.7 Å². The van der Waals surface area contributed by atoms with Crippen molar-refractivity contribution in [3.05, 3.63) is 50.7 Å². The molecule has 0 fully saturated rings. The van der Waals surface area contributed by atoms with Gasteiger partial charge in [0.15, 0.2) is 0 Å². The summed E-state index contributed by atoms with van der Waals surface area (Å²) in [5.74, 6) is 0. The Hall–Kier alpha value is -2.08. The third-order valence-corrected chi connectivity index (χ3v) is 4.18. The lowest BCUT2D eigenvalue weighted by Gasteiger charge is -2.27. The fourth-order valence-electron chi connectivity index (χ4n) is 1.91. The predicted molar refractivity (Wildman–Crippen MR) is 78.6 cm³/mol. The van der Waals surface area contributed by atoms with Gasteiger partial charge in [-0.1, -0.05) is 6.07 Å². The zero-order valence-electron chi connectivity index (χ0n) is 10.7. The summed E-state index contributed by atoms with van der Waals surface area (Å²) in [4.78, 5) is 13.5. The van der Waals surface area contributed by atoms with E-state index in [2.05, 4.69) is 13.0 Å². The van der Waals surface area contributed by atoms with E-state index in [1.165, 1.54) is 17.0 Å². The second-order valence-corrected chi connectivity index (χ2v) is 5.28. The molecule has 0 spiro atoms. The van der Waals surface area contributed by atoms with Crippen LogP contribution in [0.2, 0.25) is 0 Å². The Morgan fingerprint density at radius 1 is 1.42 bits per heavy atom. The summed E-state index contributed by atoms with van der Waals surface area (Å²) in [6, 6.07) is 8.80. The number of thiophene rings is 1. The highest BCUT2D eigenvalue weighted by molar-refractivity contribution is 7.10. The van der Waals surface area contributed by atoms with Crippen molar-refractivity contribution in [1.29, 1.82) is 0 Å². The van der Waals surface area contributed by atoms with Crippen LogP contribution in [0.5, 0.6) is 0 Å². The average molecular weight is 277 g/mol. The van der Waals surface area contributed by atoms with Crippen LogP contribution in [0.3, 0.4) is 0 Å². The van der Waals surface area contributed by atoms with Gasteiger partial charge in [-0.15, -0.1) is 11.3 Å². The van der Waals surface area contributed by atoms with Gasteiger partial charge in [-0.25, -0.2) is 0 Å². The molecule has 0 radical (unpaired) electrons. The SMILES string of the molecule is CC(c1cccs1)N(C)c1ccc([N+](=O)[O-])cc1N. The van der Waals surface area contributed by atoms with E-state index in [4.69, 9.17) is 5.73 Å². The summed E-state index contributed by atoms with van der Waals surface area (Å²) < 4.78 is 0. The largest absolute Gasteiger partial charge is 0.397 e. The van der Waals surface area contributed by atoms with Crippen LogP contribution in [-0.4, -0.2) is 12.0 Å². The number of benzene rings is 1. The molecular formula is C13H15N3O2S. The summed E-state index contributed by atoms with van der Waals surface area (Å²) in [5, 5.41) is 12.7. The Kier molecular flexibility index (Phi) is 3.71. The molecule has 2 rings (SSSR count). The van der Waals surface area contributed by atoms with Crippen molar-refractivity contribution in [3.63, 3.8) is 0 Å². The van der Waals surface area contributed by atoms with Gasteiger partial charge in [-0.3, -0.25) is 10.1 Å². The summed E-state index contributed by atoms with van der Waals surface area (Å²) in [6.07, 6.45) is 0. The van der Waals surface area contributed by atoms with E-state index in [0.29, 0.717) is 5.69 Å². The first-order valence-corrected chi connectivity index (χ1v) is 6.69. The number of nitrogens with zero attached hydrogens (tertiary/aromatic N) is 2. The van der Waals surface area contributed by atoms with Gasteiger partial charge in [0.25, 0.3) is 5.69 Å². The second-order valence-electron chi connectivity index (χ2n) is 4.30. The standard InChI is InChI=1S/C13H15N3O2S/c1-9(13-4-3-7-19-13)15(2)12-6-5-10(16(17)18)8-11(12)14/h3-9H,14H2,1-2H3. The highest BCUT2D eigenvalue weighted by Crippen LogP contribution is 2.33. The molecule has 0 aliphatic heterocycles. The van der Waals surface area contributed by atoms with Crippen LogP contribution in [-0.2, 0) is 0 Å². The molecule has 1 heterocycles. The zero-order chi connectivity index (χ0) is 14.0. The molecule has 0 aliphatic rings. The van der Waals surface area contributed by atoms with Gasteiger partial charge in [0.1, 0.15) is 0 Å². The molecule has 2 N–H and O–H groups in total. The van der Waals surface area contributed by atoms with Crippen LogP contribution in [0.25, 0.3) is 0 Å². The smallest absolute Gasteiger partial charge is 0.271 e. The van der Waals surface area contributed by atoms with Crippen molar-refractivity contribution in [1.82, 2.24) is 0 Å². The Bertz CT molecular complexity index is 584. The molecule has 1 aromatic carbocycles. The van der Waals surface area contributed by atoms with E-state index in [1.807, 2.05) is 23.4 Å². The van der Waals surface area contributed by atoms with Gasteiger partial charge < -0.3 is 10.6 Å². The van der Waals surface area contributed by atoms with Gasteiger partial charge in [-0.2, -0.15) is 0 Å². The van der Waals surface area contributed by atoms with E-state index in [0.717, 1.165) is 5.69 Å². The van der Waals surface area contributed by atoms with Crippen molar-refractivity contribution < 1.29 is 4.92 Å². The molecule has 5 nitrogen and oxygen atoms in total. The minimum atomic E-state index is -0.442. The van der Waals surface area contributed by atoms with Crippen molar-refractivity contribution >= 4 is 28.4 Å². The molecule has 1 unspecified atom stereocenters. The quantitative estimate of drug-likeness (QED) is 0.528. The number of nitro benzene ring substituents is 1. The summed E-state index contributed by atoms with van der Waals surface area (Å²) in [6.45, 7) is 2.08. The van der Waals surface area contributed by atoms with E-state index in [1.54, 1.807) is 17.4 Å². The number of non-ortho nitro benzene ring substituents is 1. The van der Waals surface area contributed by atoms with Crippen molar-refractivity contribution in [2.24, 2.45) is 0 Å². The van der Waals surface area contributed by atoms with Crippen molar-refractivity contribution in [3.8, 4) is 0 Å². The lowest BCUT2D eigenvalue weighted by Crippen LogP contribution is -2.21. The first-order chi connectivity index (χ1) is 9.00. The van der Waals surface area contributed by atoms with E-state index >= 15 is 0 Å². The predicted octanol–water partition coefficient (Wildman–Crippen LogP) is 3.44. The number of nitrogen functional groups attached to an aromatic ring is 1. The molecule has 1 atom stereocenters. The van der Waals surface area contributed by atoms with E-state index in [9.17, 15) is 10.1 Å². The lowest BCUT2D eigenvalue weighted by molar-refractivity contribution is -0.384. The summed E-state index contributed by atoms with van der Waals surface area (Å²) >= 11 is 1.68. The first-order valence-electron chi connectivity index (χ1n) is 5.81. The van der Waals surface area contributed by atoms with Gasteiger partial charge >= 0.3 is 0 Å². The zero-order valence-corrected chi connectivity index (χ0v) is 11.6. The van der Waals surface area contributed by atoms with Crippen LogP contribution in [0.15, 0.2) is 35.7 Å². The molecule has 100 valence electrons. The van der Waals surface area contributed by atoms with Crippen LogP contribution in [0.4, 0.5) is 17.1 Å². The maximum absolute atomic E-state index is 10.7. The molecule has 1 aromatic heterocycles. The van der Waals surface area contributed by atoms with Crippen LogP contribution < -0.4 is 10.6 Å². The third-order valence-electron chi connectivity index (χ3n) is 3.14. The Balaban J connectivity index is 2.29. The number of nitrogens with two attached hydrogens (primary N) is 1. The molecule has 19 heavy (non-hydrogen) atoms. The molecule has 0 bridgehead atoms.